The molecule has 168 valence electrons. The molecule has 4 nitrogen and oxygen atoms in total. The number of pyridine rings is 2. The van der Waals surface area contributed by atoms with Gasteiger partial charge in [-0.25, -0.2) is 9.98 Å². The highest BCUT2D eigenvalue weighted by Crippen LogP contribution is 2.33. The first-order valence-corrected chi connectivity index (χ1v) is 10.2. The Labute approximate surface area is 183 Å². The van der Waals surface area contributed by atoms with E-state index >= 15 is 0 Å². The van der Waals surface area contributed by atoms with Crippen molar-refractivity contribution in [1.29, 1.82) is 0 Å². The van der Waals surface area contributed by atoms with Crippen molar-refractivity contribution in [2.75, 3.05) is 5.75 Å². The van der Waals surface area contributed by atoms with Gasteiger partial charge in [0.05, 0.1) is 11.1 Å². The van der Waals surface area contributed by atoms with Crippen LogP contribution >= 0.6 is 11.8 Å². The fourth-order valence-electron chi connectivity index (χ4n) is 2.71. The van der Waals surface area contributed by atoms with E-state index in [1.54, 1.807) is 6.07 Å². The molecule has 0 fully saturated rings. The van der Waals surface area contributed by atoms with Crippen LogP contribution in [0.1, 0.15) is 23.7 Å². The van der Waals surface area contributed by atoms with Crippen molar-refractivity contribution in [2.24, 2.45) is 10.7 Å². The van der Waals surface area contributed by atoms with E-state index in [4.69, 9.17) is 5.73 Å². The van der Waals surface area contributed by atoms with Crippen LogP contribution < -0.4 is 5.73 Å². The van der Waals surface area contributed by atoms with E-state index < -0.39 is 23.5 Å². The van der Waals surface area contributed by atoms with Crippen LogP contribution in [-0.4, -0.2) is 21.6 Å². The Kier molecular flexibility index (Phi) is 6.77. The summed E-state index contributed by atoms with van der Waals surface area (Å²) in [5.41, 5.74) is 5.78. The van der Waals surface area contributed by atoms with E-state index in [9.17, 15) is 26.3 Å². The molecule has 0 bridgehead atoms. The van der Waals surface area contributed by atoms with Crippen LogP contribution in [0.15, 0.2) is 64.7 Å². The smallest absolute Gasteiger partial charge is 0.382 e. The molecule has 0 spiro atoms. The highest BCUT2D eigenvalue weighted by Gasteiger charge is 2.31. The molecule has 2 aromatic heterocycles. The number of thioether (sulfide) groups is 1. The van der Waals surface area contributed by atoms with Crippen molar-refractivity contribution in [2.45, 2.75) is 24.2 Å². The summed E-state index contributed by atoms with van der Waals surface area (Å²) in [6.45, 7) is 1.89. The third kappa shape index (κ3) is 5.58. The third-order valence-electron chi connectivity index (χ3n) is 4.25. The maximum atomic E-state index is 12.8. The van der Waals surface area contributed by atoms with Gasteiger partial charge in [-0.05, 0) is 41.6 Å². The van der Waals surface area contributed by atoms with Gasteiger partial charge in [0.25, 0.3) is 0 Å². The van der Waals surface area contributed by atoms with Gasteiger partial charge in [-0.3, -0.25) is 4.98 Å². The predicted octanol–water partition coefficient (Wildman–Crippen LogP) is 6.33. The fraction of sp³-hybridized carbons (Fsp3) is 0.190. The zero-order valence-electron chi connectivity index (χ0n) is 16.5. The van der Waals surface area contributed by atoms with Crippen LogP contribution in [0.5, 0.6) is 0 Å². The van der Waals surface area contributed by atoms with E-state index in [2.05, 4.69) is 15.0 Å². The largest absolute Gasteiger partial charge is 0.417 e. The number of hydrogen-bond donors (Lipinski definition) is 1. The van der Waals surface area contributed by atoms with Gasteiger partial charge in [-0.1, -0.05) is 19.1 Å². The number of benzene rings is 1. The Morgan fingerprint density at radius 2 is 1.50 bits per heavy atom. The summed E-state index contributed by atoms with van der Waals surface area (Å²) in [6, 6.07) is 8.35. The van der Waals surface area contributed by atoms with Crippen molar-refractivity contribution < 1.29 is 26.3 Å². The molecule has 0 aliphatic rings. The average molecular weight is 470 g/mol. The normalized spacial score (nSPS) is 12.8. The number of hydrogen-bond acceptors (Lipinski definition) is 4. The van der Waals surface area contributed by atoms with Crippen LogP contribution in [0.3, 0.4) is 0 Å². The summed E-state index contributed by atoms with van der Waals surface area (Å²) in [4.78, 5) is 12.6. The molecule has 32 heavy (non-hydrogen) atoms. The SMILES string of the molecule is CCSc1cc(-c2ccc(C(F)(F)F)cc2)cnc1C(N)=Nc1ccc(C(F)(F)F)cn1. The summed E-state index contributed by atoms with van der Waals surface area (Å²) in [5.74, 6) is 0.584. The number of amidine groups is 1. The van der Waals surface area contributed by atoms with Gasteiger partial charge >= 0.3 is 12.4 Å². The number of aliphatic imine (C=N–C) groups is 1. The quantitative estimate of drug-likeness (QED) is 0.205. The zero-order chi connectivity index (χ0) is 23.5. The molecule has 3 rings (SSSR count). The molecule has 0 saturated carbocycles. The topological polar surface area (TPSA) is 64.2 Å². The number of nitrogens with zero attached hydrogens (tertiary/aromatic N) is 3. The molecule has 0 radical (unpaired) electrons. The van der Waals surface area contributed by atoms with Gasteiger partial charge < -0.3 is 5.73 Å². The number of aromatic nitrogens is 2. The molecular weight excluding hydrogens is 454 g/mol. The van der Waals surface area contributed by atoms with Gasteiger partial charge in [0, 0.05) is 22.9 Å². The Balaban J connectivity index is 1.92. The standard InChI is InChI=1S/C21H16F6N4S/c1-2-32-16-9-13(12-3-5-14(6-4-12)20(22,23)24)10-30-18(16)19(28)31-17-8-7-15(11-29-17)21(25,26)27/h3-11H,2H2,1H3,(H2,28,29,31). The van der Waals surface area contributed by atoms with Crippen molar-refractivity contribution in [3.8, 4) is 11.1 Å². The molecular formula is C21H16F6N4S. The maximum absolute atomic E-state index is 12.8. The van der Waals surface area contributed by atoms with Gasteiger partial charge in [0.2, 0.25) is 0 Å². The lowest BCUT2D eigenvalue weighted by molar-refractivity contribution is -0.138. The molecule has 0 unspecified atom stereocenters. The molecule has 2 heterocycles. The molecule has 0 atom stereocenters. The van der Waals surface area contributed by atoms with Crippen LogP contribution in [-0.2, 0) is 12.4 Å². The highest BCUT2D eigenvalue weighted by molar-refractivity contribution is 7.99. The van der Waals surface area contributed by atoms with Gasteiger partial charge in [0.1, 0.15) is 5.69 Å². The predicted molar refractivity (Wildman–Crippen MR) is 111 cm³/mol. The number of nitrogens with two attached hydrogens (primary N) is 1. The molecule has 0 amide bonds. The first kappa shape index (κ1) is 23.6. The Morgan fingerprint density at radius 3 is 2.03 bits per heavy atom. The lowest BCUT2D eigenvalue weighted by Gasteiger charge is -2.11. The molecule has 3 aromatic rings. The maximum Gasteiger partial charge on any atom is 0.417 e. The van der Waals surface area contributed by atoms with E-state index in [-0.39, 0.29) is 11.7 Å². The summed E-state index contributed by atoms with van der Waals surface area (Å²) in [7, 11) is 0. The van der Waals surface area contributed by atoms with Crippen LogP contribution in [0.2, 0.25) is 0 Å². The molecule has 0 saturated heterocycles. The first-order valence-electron chi connectivity index (χ1n) is 9.17. The van der Waals surface area contributed by atoms with E-state index in [0.29, 0.717) is 33.7 Å². The molecule has 2 N–H and O–H groups in total. The minimum Gasteiger partial charge on any atom is -0.382 e. The van der Waals surface area contributed by atoms with Crippen LogP contribution in [0, 0.1) is 0 Å². The highest BCUT2D eigenvalue weighted by atomic mass is 32.2. The second-order valence-electron chi connectivity index (χ2n) is 6.48. The third-order valence-corrected chi connectivity index (χ3v) is 5.16. The average Bonchev–Trinajstić information content (AvgIpc) is 2.73. The van der Waals surface area contributed by atoms with E-state index in [1.165, 1.54) is 30.1 Å². The van der Waals surface area contributed by atoms with Crippen molar-refractivity contribution in [3.05, 3.63) is 71.7 Å². The summed E-state index contributed by atoms with van der Waals surface area (Å²) in [6.07, 6.45) is -6.84. The van der Waals surface area contributed by atoms with Crippen molar-refractivity contribution in [1.82, 2.24) is 9.97 Å². The molecule has 0 aliphatic carbocycles. The zero-order valence-corrected chi connectivity index (χ0v) is 17.3. The monoisotopic (exact) mass is 470 g/mol. The van der Waals surface area contributed by atoms with E-state index in [0.717, 1.165) is 24.3 Å². The summed E-state index contributed by atoms with van der Waals surface area (Å²) >= 11 is 1.39. The number of alkyl halides is 6. The number of halogens is 6. The van der Waals surface area contributed by atoms with Crippen molar-refractivity contribution in [3.63, 3.8) is 0 Å². The Morgan fingerprint density at radius 1 is 0.875 bits per heavy atom. The Bertz CT molecular complexity index is 1110. The molecule has 11 heteroatoms. The molecule has 0 aliphatic heterocycles. The van der Waals surface area contributed by atoms with Gasteiger partial charge in [0.15, 0.2) is 11.7 Å². The minimum atomic E-state index is -4.51. The van der Waals surface area contributed by atoms with Gasteiger partial charge in [-0.15, -0.1) is 11.8 Å². The molecule has 1 aromatic carbocycles. The summed E-state index contributed by atoms with van der Waals surface area (Å²) < 4.78 is 76.4. The first-order chi connectivity index (χ1) is 15.0. The number of rotatable bonds is 5. The van der Waals surface area contributed by atoms with Crippen molar-refractivity contribution >= 4 is 23.4 Å². The van der Waals surface area contributed by atoms with E-state index in [1.807, 2.05) is 6.92 Å². The fourth-order valence-corrected chi connectivity index (χ4v) is 3.52. The summed E-state index contributed by atoms with van der Waals surface area (Å²) in [5, 5.41) is 0. The van der Waals surface area contributed by atoms with Gasteiger partial charge in [-0.2, -0.15) is 26.3 Å². The van der Waals surface area contributed by atoms with Crippen LogP contribution in [0.4, 0.5) is 32.2 Å². The lowest BCUT2D eigenvalue weighted by atomic mass is 10.0. The second kappa shape index (κ2) is 9.19. The minimum absolute atomic E-state index is 0.0171. The Hall–Kier alpha value is -3.08. The second-order valence-corrected chi connectivity index (χ2v) is 7.78. The lowest BCUT2D eigenvalue weighted by Crippen LogP contribution is -2.16. The van der Waals surface area contributed by atoms with Crippen LogP contribution in [0.25, 0.3) is 11.1 Å².